The topological polar surface area (TPSA) is 39.1 Å². The number of nitrogens with zero attached hydrogens (tertiary/aromatic N) is 2. The Morgan fingerprint density at radius 2 is 1.64 bits per heavy atom. The molecule has 0 saturated heterocycles. The summed E-state index contributed by atoms with van der Waals surface area (Å²) in [6.45, 7) is 6.97. The average Bonchev–Trinajstić information content (AvgIpc) is 2.59. The van der Waals surface area contributed by atoms with E-state index < -0.39 is 0 Å². The third-order valence-electron chi connectivity index (χ3n) is 3.84. The lowest BCUT2D eigenvalue weighted by Gasteiger charge is -2.21. The second-order valence-electron chi connectivity index (χ2n) is 5.19. The van der Waals surface area contributed by atoms with E-state index in [9.17, 15) is 5.26 Å². The molecule has 1 N–H and O–H groups in total. The van der Waals surface area contributed by atoms with Crippen molar-refractivity contribution in [1.29, 1.82) is 5.26 Å². The van der Waals surface area contributed by atoms with Crippen molar-refractivity contribution in [3.05, 3.63) is 65.7 Å². The van der Waals surface area contributed by atoms with Crippen LogP contribution >= 0.6 is 0 Å². The molecule has 0 bridgehead atoms. The van der Waals surface area contributed by atoms with Gasteiger partial charge in [-0.05, 0) is 37.1 Å². The molecule has 1 atom stereocenters. The number of anilines is 1. The van der Waals surface area contributed by atoms with Crippen molar-refractivity contribution >= 4 is 5.69 Å². The lowest BCUT2D eigenvalue weighted by molar-refractivity contribution is 0.630. The Morgan fingerprint density at radius 1 is 1.00 bits per heavy atom. The zero-order valence-electron chi connectivity index (χ0n) is 13.3. The standard InChI is InChI=1S/C19H23N3/c1-3-22(4-2)18-12-10-17(11-13-18)19(14-20)21-15-16-8-6-5-7-9-16/h5-13,19,21H,3-4,15H2,1-2H3. The molecule has 0 spiro atoms. The molecule has 0 radical (unpaired) electrons. The third kappa shape index (κ3) is 4.09. The molecule has 3 nitrogen and oxygen atoms in total. The first-order valence-corrected chi connectivity index (χ1v) is 7.80. The fourth-order valence-corrected chi connectivity index (χ4v) is 2.52. The molecule has 2 rings (SSSR count). The maximum Gasteiger partial charge on any atom is 0.121 e. The van der Waals surface area contributed by atoms with Gasteiger partial charge in [0.1, 0.15) is 6.04 Å². The first-order valence-electron chi connectivity index (χ1n) is 7.80. The highest BCUT2D eigenvalue weighted by Gasteiger charge is 2.10. The molecule has 2 aromatic rings. The lowest BCUT2D eigenvalue weighted by atomic mass is 10.1. The van der Waals surface area contributed by atoms with Crippen molar-refractivity contribution in [2.45, 2.75) is 26.4 Å². The average molecular weight is 293 g/mol. The van der Waals surface area contributed by atoms with E-state index in [-0.39, 0.29) is 6.04 Å². The Morgan fingerprint density at radius 3 is 2.18 bits per heavy atom. The van der Waals surface area contributed by atoms with Crippen LogP contribution < -0.4 is 10.2 Å². The van der Waals surface area contributed by atoms with Crippen molar-refractivity contribution in [3.8, 4) is 6.07 Å². The number of hydrogen-bond acceptors (Lipinski definition) is 3. The number of rotatable bonds is 7. The number of nitrogens with one attached hydrogen (secondary N) is 1. The van der Waals surface area contributed by atoms with Crippen molar-refractivity contribution in [2.24, 2.45) is 0 Å². The highest BCUT2D eigenvalue weighted by molar-refractivity contribution is 5.48. The zero-order valence-corrected chi connectivity index (χ0v) is 13.3. The molecule has 114 valence electrons. The Labute approximate surface area is 133 Å². The first kappa shape index (κ1) is 16.1. The summed E-state index contributed by atoms with van der Waals surface area (Å²) in [5, 5.41) is 12.7. The van der Waals surface area contributed by atoms with Gasteiger partial charge in [0.25, 0.3) is 0 Å². The minimum absolute atomic E-state index is 0.286. The molecule has 0 aromatic heterocycles. The molecule has 0 aliphatic heterocycles. The largest absolute Gasteiger partial charge is 0.372 e. The summed E-state index contributed by atoms with van der Waals surface area (Å²) in [4.78, 5) is 2.29. The number of hydrogen-bond donors (Lipinski definition) is 1. The van der Waals surface area contributed by atoms with Crippen LogP contribution in [0.4, 0.5) is 5.69 Å². The quantitative estimate of drug-likeness (QED) is 0.842. The molecule has 0 aliphatic carbocycles. The minimum atomic E-state index is -0.286. The van der Waals surface area contributed by atoms with Crippen molar-refractivity contribution in [1.82, 2.24) is 5.32 Å². The second-order valence-corrected chi connectivity index (χ2v) is 5.19. The summed E-state index contributed by atoms with van der Waals surface area (Å²) in [6.07, 6.45) is 0. The molecule has 1 unspecified atom stereocenters. The Balaban J connectivity index is 2.03. The fraction of sp³-hybridized carbons (Fsp3) is 0.316. The van der Waals surface area contributed by atoms with Gasteiger partial charge in [0.05, 0.1) is 6.07 Å². The maximum absolute atomic E-state index is 9.41. The van der Waals surface area contributed by atoms with Crippen LogP contribution in [0.2, 0.25) is 0 Å². The third-order valence-corrected chi connectivity index (χ3v) is 3.84. The smallest absolute Gasteiger partial charge is 0.121 e. The summed E-state index contributed by atoms with van der Waals surface area (Å²) in [7, 11) is 0. The molecule has 22 heavy (non-hydrogen) atoms. The van der Waals surface area contributed by atoms with E-state index >= 15 is 0 Å². The van der Waals surface area contributed by atoms with Crippen LogP contribution in [0.5, 0.6) is 0 Å². The molecule has 0 amide bonds. The summed E-state index contributed by atoms with van der Waals surface area (Å²) in [5.41, 5.74) is 3.39. The van der Waals surface area contributed by atoms with Gasteiger partial charge in [0.15, 0.2) is 0 Å². The number of nitriles is 1. The van der Waals surface area contributed by atoms with Crippen LogP contribution in [0.3, 0.4) is 0 Å². The lowest BCUT2D eigenvalue weighted by Crippen LogP contribution is -2.22. The van der Waals surface area contributed by atoms with Crippen LogP contribution in [0.15, 0.2) is 54.6 Å². The highest BCUT2D eigenvalue weighted by atomic mass is 15.1. The Bertz CT molecular complexity index is 595. The highest BCUT2D eigenvalue weighted by Crippen LogP contribution is 2.19. The molecule has 0 aliphatic rings. The van der Waals surface area contributed by atoms with Gasteiger partial charge < -0.3 is 4.90 Å². The van der Waals surface area contributed by atoms with Crippen LogP contribution in [-0.2, 0) is 6.54 Å². The van der Waals surface area contributed by atoms with Gasteiger partial charge in [-0.1, -0.05) is 42.5 Å². The molecule has 3 heteroatoms. The van der Waals surface area contributed by atoms with E-state index in [0.29, 0.717) is 6.54 Å². The van der Waals surface area contributed by atoms with Gasteiger partial charge in [-0.3, -0.25) is 5.32 Å². The van der Waals surface area contributed by atoms with Crippen LogP contribution in [0.1, 0.15) is 31.0 Å². The van der Waals surface area contributed by atoms with Crippen molar-refractivity contribution in [3.63, 3.8) is 0 Å². The van der Waals surface area contributed by atoms with E-state index in [2.05, 4.69) is 54.4 Å². The normalized spacial score (nSPS) is 11.7. The SMILES string of the molecule is CCN(CC)c1ccc(C(C#N)NCc2ccccc2)cc1. The van der Waals surface area contributed by atoms with Crippen LogP contribution in [0, 0.1) is 11.3 Å². The molecule has 0 heterocycles. The predicted octanol–water partition coefficient (Wildman–Crippen LogP) is 3.89. The zero-order chi connectivity index (χ0) is 15.8. The van der Waals surface area contributed by atoms with Crippen LogP contribution in [-0.4, -0.2) is 13.1 Å². The van der Waals surface area contributed by atoms with Crippen molar-refractivity contribution < 1.29 is 0 Å². The van der Waals surface area contributed by atoms with Crippen molar-refractivity contribution in [2.75, 3.05) is 18.0 Å². The van der Waals surface area contributed by atoms with E-state index in [1.165, 1.54) is 11.3 Å². The first-order chi connectivity index (χ1) is 10.8. The summed E-state index contributed by atoms with van der Waals surface area (Å²) in [5.74, 6) is 0. The van der Waals surface area contributed by atoms with Gasteiger partial charge in [0, 0.05) is 25.3 Å². The molecule has 0 fully saturated rings. The molecule has 0 saturated carbocycles. The molecule has 2 aromatic carbocycles. The molecular formula is C19H23N3. The van der Waals surface area contributed by atoms with Gasteiger partial charge >= 0.3 is 0 Å². The van der Waals surface area contributed by atoms with E-state index in [1.807, 2.05) is 30.3 Å². The monoisotopic (exact) mass is 293 g/mol. The van der Waals surface area contributed by atoms with Gasteiger partial charge in [-0.25, -0.2) is 0 Å². The van der Waals surface area contributed by atoms with Gasteiger partial charge in [-0.2, -0.15) is 5.26 Å². The van der Waals surface area contributed by atoms with Crippen LogP contribution in [0.25, 0.3) is 0 Å². The fourth-order valence-electron chi connectivity index (χ4n) is 2.52. The predicted molar refractivity (Wildman–Crippen MR) is 91.6 cm³/mol. The van der Waals surface area contributed by atoms with E-state index in [4.69, 9.17) is 0 Å². The summed E-state index contributed by atoms with van der Waals surface area (Å²) in [6, 6.07) is 20.5. The number of benzene rings is 2. The Hall–Kier alpha value is -2.31. The second kappa shape index (κ2) is 8.21. The molecular weight excluding hydrogens is 270 g/mol. The van der Waals surface area contributed by atoms with Gasteiger partial charge in [0.2, 0.25) is 0 Å². The maximum atomic E-state index is 9.41. The van der Waals surface area contributed by atoms with Gasteiger partial charge in [-0.15, -0.1) is 0 Å². The summed E-state index contributed by atoms with van der Waals surface area (Å²) >= 11 is 0. The minimum Gasteiger partial charge on any atom is -0.372 e. The Kier molecular flexibility index (Phi) is 6.00. The van der Waals surface area contributed by atoms with E-state index in [0.717, 1.165) is 18.7 Å². The van der Waals surface area contributed by atoms with E-state index in [1.54, 1.807) is 0 Å². The summed E-state index contributed by atoms with van der Waals surface area (Å²) < 4.78 is 0.